The summed E-state index contributed by atoms with van der Waals surface area (Å²) in [6.45, 7) is 6.73. The molecular weight excluding hydrogens is 330 g/mol. The molecule has 1 aliphatic heterocycles. The first-order valence-corrected chi connectivity index (χ1v) is 8.53. The molecule has 0 saturated carbocycles. The zero-order valence-corrected chi connectivity index (χ0v) is 15.1. The summed E-state index contributed by atoms with van der Waals surface area (Å²) in [6, 6.07) is 4.86. The van der Waals surface area contributed by atoms with Crippen molar-refractivity contribution in [1.82, 2.24) is 0 Å². The minimum absolute atomic E-state index is 0.0320. The first kappa shape index (κ1) is 18.7. The smallest absolute Gasteiger partial charge is 0.412 e. The van der Waals surface area contributed by atoms with Gasteiger partial charge < -0.3 is 9.47 Å². The van der Waals surface area contributed by atoms with E-state index in [-0.39, 0.29) is 5.78 Å². The van der Waals surface area contributed by atoms with Crippen molar-refractivity contribution in [2.24, 2.45) is 5.92 Å². The van der Waals surface area contributed by atoms with E-state index in [0.29, 0.717) is 41.8 Å². The molecule has 0 aliphatic carbocycles. The topological polar surface area (TPSA) is 64.6 Å². The molecule has 5 nitrogen and oxygen atoms in total. The molecule has 1 aliphatic rings. The van der Waals surface area contributed by atoms with Crippen LogP contribution in [0.5, 0.6) is 0 Å². The van der Waals surface area contributed by atoms with E-state index in [1.54, 1.807) is 39.0 Å². The van der Waals surface area contributed by atoms with Crippen LogP contribution in [0, 0.1) is 5.92 Å². The zero-order chi connectivity index (χ0) is 17.7. The van der Waals surface area contributed by atoms with Gasteiger partial charge in [0.05, 0.1) is 5.69 Å². The second-order valence-corrected chi connectivity index (χ2v) is 7.44. The molecule has 132 valence electrons. The number of carbonyl (C=O) groups is 2. The normalized spacial score (nSPS) is 15.8. The second kappa shape index (κ2) is 7.99. The van der Waals surface area contributed by atoms with Crippen LogP contribution >= 0.6 is 11.6 Å². The highest BCUT2D eigenvalue weighted by molar-refractivity contribution is 6.31. The van der Waals surface area contributed by atoms with Crippen LogP contribution in [-0.2, 0) is 9.47 Å². The maximum Gasteiger partial charge on any atom is 0.412 e. The average molecular weight is 354 g/mol. The predicted octanol–water partition coefficient (Wildman–Crippen LogP) is 4.69. The van der Waals surface area contributed by atoms with Gasteiger partial charge in [-0.2, -0.15) is 0 Å². The predicted molar refractivity (Wildman–Crippen MR) is 93.8 cm³/mol. The monoisotopic (exact) mass is 353 g/mol. The van der Waals surface area contributed by atoms with E-state index in [1.165, 1.54) is 0 Å². The fourth-order valence-corrected chi connectivity index (χ4v) is 2.76. The maximum absolute atomic E-state index is 12.7. The number of carbonyl (C=O) groups excluding carboxylic acids is 2. The first-order chi connectivity index (χ1) is 11.2. The number of benzene rings is 1. The Bertz CT molecular complexity index is 604. The molecule has 1 heterocycles. The number of nitrogens with one attached hydrogen (secondary N) is 1. The fraction of sp³-hybridized carbons (Fsp3) is 0.556. The van der Waals surface area contributed by atoms with Crippen molar-refractivity contribution in [3.8, 4) is 0 Å². The number of halogens is 1. The fourth-order valence-electron chi connectivity index (χ4n) is 2.59. The summed E-state index contributed by atoms with van der Waals surface area (Å²) in [6.07, 6.45) is 1.58. The molecule has 24 heavy (non-hydrogen) atoms. The Labute approximate surface area is 147 Å². The van der Waals surface area contributed by atoms with Gasteiger partial charge in [-0.3, -0.25) is 10.1 Å². The average Bonchev–Trinajstić information content (AvgIpc) is 2.48. The van der Waals surface area contributed by atoms with E-state index in [1.807, 2.05) is 0 Å². The lowest BCUT2D eigenvalue weighted by Crippen LogP contribution is -2.28. The zero-order valence-electron chi connectivity index (χ0n) is 14.4. The first-order valence-electron chi connectivity index (χ1n) is 8.15. The Kier molecular flexibility index (Phi) is 6.24. The quantitative estimate of drug-likeness (QED) is 0.798. The number of amides is 1. The van der Waals surface area contributed by atoms with Crippen molar-refractivity contribution in [3.63, 3.8) is 0 Å². The largest absolute Gasteiger partial charge is 0.444 e. The molecule has 1 amide bonds. The molecule has 1 saturated heterocycles. The summed E-state index contributed by atoms with van der Waals surface area (Å²) < 4.78 is 10.6. The van der Waals surface area contributed by atoms with Gasteiger partial charge in [-0.15, -0.1) is 0 Å². The summed E-state index contributed by atoms with van der Waals surface area (Å²) in [4.78, 5) is 24.6. The van der Waals surface area contributed by atoms with Crippen molar-refractivity contribution >= 4 is 29.2 Å². The molecular formula is C18H24ClNO4. The Morgan fingerprint density at radius 3 is 2.58 bits per heavy atom. The van der Waals surface area contributed by atoms with Crippen LogP contribution in [0.1, 0.15) is 50.4 Å². The molecule has 0 radical (unpaired) electrons. The molecule has 1 fully saturated rings. The lowest BCUT2D eigenvalue weighted by atomic mass is 9.91. The van der Waals surface area contributed by atoms with Gasteiger partial charge in [0, 0.05) is 30.2 Å². The third-order valence-electron chi connectivity index (χ3n) is 3.73. The van der Waals surface area contributed by atoms with Crippen molar-refractivity contribution in [1.29, 1.82) is 0 Å². The highest BCUT2D eigenvalue weighted by Crippen LogP contribution is 2.27. The summed E-state index contributed by atoms with van der Waals surface area (Å²) in [5.41, 5.74) is 0.230. The molecule has 1 N–H and O–H groups in total. The van der Waals surface area contributed by atoms with E-state index in [4.69, 9.17) is 21.1 Å². The number of Topliss-reactive ketones (excluding diaryl/α,β-unsaturated/α-hetero) is 1. The van der Waals surface area contributed by atoms with Crippen LogP contribution in [0.15, 0.2) is 18.2 Å². The van der Waals surface area contributed by atoms with E-state index in [2.05, 4.69) is 5.32 Å². The summed E-state index contributed by atoms with van der Waals surface area (Å²) >= 11 is 6.03. The lowest BCUT2D eigenvalue weighted by molar-refractivity contribution is 0.0601. The summed E-state index contributed by atoms with van der Waals surface area (Å²) in [5.74, 6) is 0.273. The van der Waals surface area contributed by atoms with Gasteiger partial charge in [0.1, 0.15) is 5.60 Å². The van der Waals surface area contributed by atoms with Gasteiger partial charge in [0.15, 0.2) is 5.78 Å². The highest BCUT2D eigenvalue weighted by Gasteiger charge is 2.22. The maximum atomic E-state index is 12.7. The summed E-state index contributed by atoms with van der Waals surface area (Å²) in [7, 11) is 0. The van der Waals surface area contributed by atoms with Crippen molar-refractivity contribution in [3.05, 3.63) is 28.8 Å². The van der Waals surface area contributed by atoms with Crippen molar-refractivity contribution in [2.45, 2.75) is 45.6 Å². The molecule has 0 bridgehead atoms. The number of hydrogen-bond donors (Lipinski definition) is 1. The number of rotatable bonds is 4. The molecule has 0 aromatic heterocycles. The number of ether oxygens (including phenoxy) is 2. The van der Waals surface area contributed by atoms with E-state index in [9.17, 15) is 9.59 Å². The number of ketones is 1. The summed E-state index contributed by atoms with van der Waals surface area (Å²) in [5, 5.41) is 3.11. The Hall–Kier alpha value is -1.59. The Morgan fingerprint density at radius 1 is 1.29 bits per heavy atom. The lowest BCUT2D eigenvalue weighted by Gasteiger charge is -2.22. The minimum Gasteiger partial charge on any atom is -0.444 e. The van der Waals surface area contributed by atoms with E-state index >= 15 is 0 Å². The molecule has 0 atom stereocenters. The molecule has 0 unspecified atom stereocenters. The van der Waals surface area contributed by atoms with Gasteiger partial charge >= 0.3 is 6.09 Å². The SMILES string of the molecule is CC(C)(C)OC(=O)Nc1ccc(Cl)cc1C(=O)CC1CCOCC1. The van der Waals surface area contributed by atoms with E-state index < -0.39 is 11.7 Å². The van der Waals surface area contributed by atoms with Crippen LogP contribution in [0.2, 0.25) is 5.02 Å². The third-order valence-corrected chi connectivity index (χ3v) is 3.97. The minimum atomic E-state index is -0.608. The van der Waals surface area contributed by atoms with Crippen molar-refractivity contribution in [2.75, 3.05) is 18.5 Å². The Balaban J connectivity index is 2.11. The molecule has 1 aromatic rings. The molecule has 6 heteroatoms. The third kappa shape index (κ3) is 5.80. The van der Waals surface area contributed by atoms with Gasteiger partial charge in [0.25, 0.3) is 0 Å². The van der Waals surface area contributed by atoms with Crippen molar-refractivity contribution < 1.29 is 19.1 Å². The van der Waals surface area contributed by atoms with Gasteiger partial charge in [-0.1, -0.05) is 11.6 Å². The molecule has 2 rings (SSSR count). The van der Waals surface area contributed by atoms with Gasteiger partial charge in [-0.25, -0.2) is 4.79 Å². The molecule has 0 spiro atoms. The number of hydrogen-bond acceptors (Lipinski definition) is 4. The number of anilines is 1. The molecule has 1 aromatic carbocycles. The standard InChI is InChI=1S/C18H24ClNO4/c1-18(2,3)24-17(22)20-15-5-4-13(19)11-14(15)16(21)10-12-6-8-23-9-7-12/h4-5,11-12H,6-10H2,1-3H3,(H,20,22). The van der Waals surface area contributed by atoms with Gasteiger partial charge in [-0.05, 0) is 57.7 Å². The Morgan fingerprint density at radius 2 is 1.96 bits per heavy atom. The second-order valence-electron chi connectivity index (χ2n) is 7.00. The van der Waals surface area contributed by atoms with Gasteiger partial charge in [0.2, 0.25) is 0 Å². The van der Waals surface area contributed by atoms with Crippen LogP contribution in [0.4, 0.5) is 10.5 Å². The van der Waals surface area contributed by atoms with Crippen LogP contribution in [0.3, 0.4) is 0 Å². The van der Waals surface area contributed by atoms with Crippen LogP contribution in [0.25, 0.3) is 0 Å². The van der Waals surface area contributed by atoms with E-state index in [0.717, 1.165) is 12.8 Å². The van der Waals surface area contributed by atoms with Crippen LogP contribution in [-0.4, -0.2) is 30.7 Å². The van der Waals surface area contributed by atoms with Crippen LogP contribution < -0.4 is 5.32 Å². The highest BCUT2D eigenvalue weighted by atomic mass is 35.5.